The quantitative estimate of drug-likeness (QED) is 0.319. The van der Waals surface area contributed by atoms with Crippen molar-refractivity contribution in [2.24, 2.45) is 10.9 Å². The average Bonchev–Trinajstić information content (AvgIpc) is 2.68. The molecule has 0 spiro atoms. The summed E-state index contributed by atoms with van der Waals surface area (Å²) < 4.78 is 66.4. The van der Waals surface area contributed by atoms with E-state index in [-0.39, 0.29) is 43.0 Å². The van der Waals surface area contributed by atoms with Gasteiger partial charge in [0.25, 0.3) is 0 Å². The molecule has 29 heavy (non-hydrogen) atoms. The van der Waals surface area contributed by atoms with Gasteiger partial charge in [0.2, 0.25) is 5.88 Å². The number of pyridine rings is 1. The minimum Gasteiger partial charge on any atom is -0.481 e. The maximum absolute atomic E-state index is 12.6. The summed E-state index contributed by atoms with van der Waals surface area (Å²) in [4.78, 5) is 8.22. The van der Waals surface area contributed by atoms with Gasteiger partial charge < -0.3 is 15.4 Å². The van der Waals surface area contributed by atoms with Gasteiger partial charge in [-0.25, -0.2) is 13.4 Å². The number of hydrogen-bond acceptors (Lipinski definition) is 5. The van der Waals surface area contributed by atoms with E-state index in [1.54, 1.807) is 19.3 Å². The fourth-order valence-electron chi connectivity index (χ4n) is 2.88. The molecule has 166 valence electrons. The highest BCUT2D eigenvalue weighted by Crippen LogP contribution is 2.30. The molecule has 2 heterocycles. The lowest BCUT2D eigenvalue weighted by Crippen LogP contribution is -2.47. The lowest BCUT2D eigenvalue weighted by molar-refractivity contribution is -0.0496. The SMILES string of the molecule is CN=C(NCc1cccnc1OC)NCC1CCN(S(=O)(=O)C(F)(F)F)CC1.I. The Morgan fingerprint density at radius 3 is 2.55 bits per heavy atom. The van der Waals surface area contributed by atoms with E-state index in [9.17, 15) is 21.6 Å². The van der Waals surface area contributed by atoms with E-state index in [0.717, 1.165) is 5.56 Å². The van der Waals surface area contributed by atoms with Crippen LogP contribution in [0.3, 0.4) is 0 Å². The fraction of sp³-hybridized carbons (Fsp3) is 0.625. The molecule has 0 aliphatic carbocycles. The predicted molar refractivity (Wildman–Crippen MR) is 114 cm³/mol. The Hall–Kier alpha value is -1.35. The van der Waals surface area contributed by atoms with Crippen LogP contribution in [0, 0.1) is 5.92 Å². The van der Waals surface area contributed by atoms with Gasteiger partial charge in [-0.15, -0.1) is 24.0 Å². The number of guanidine groups is 1. The van der Waals surface area contributed by atoms with Gasteiger partial charge in [-0.1, -0.05) is 6.07 Å². The highest BCUT2D eigenvalue weighted by atomic mass is 127. The first-order valence-corrected chi connectivity index (χ1v) is 10.1. The minimum atomic E-state index is -5.25. The summed E-state index contributed by atoms with van der Waals surface area (Å²) in [6, 6.07) is 3.65. The van der Waals surface area contributed by atoms with Crippen LogP contribution in [0.1, 0.15) is 18.4 Å². The summed E-state index contributed by atoms with van der Waals surface area (Å²) in [6.07, 6.45) is 2.31. The molecule has 0 saturated carbocycles. The van der Waals surface area contributed by atoms with Gasteiger partial charge in [0, 0.05) is 45.0 Å². The summed E-state index contributed by atoms with van der Waals surface area (Å²) in [5.74, 6) is 1.08. The third-order valence-corrected chi connectivity index (χ3v) is 6.11. The number of methoxy groups -OCH3 is 1. The molecule has 8 nitrogen and oxygen atoms in total. The predicted octanol–water partition coefficient (Wildman–Crippen LogP) is 1.93. The second-order valence-electron chi connectivity index (χ2n) is 6.27. The summed E-state index contributed by atoms with van der Waals surface area (Å²) >= 11 is 0. The third-order valence-electron chi connectivity index (χ3n) is 4.48. The molecule has 0 amide bonds. The van der Waals surface area contributed by atoms with E-state index in [2.05, 4.69) is 20.6 Å². The van der Waals surface area contributed by atoms with E-state index in [0.29, 0.717) is 42.1 Å². The van der Waals surface area contributed by atoms with Gasteiger partial charge in [-0.05, 0) is 24.8 Å². The summed E-state index contributed by atoms with van der Waals surface area (Å²) in [7, 11) is -2.11. The van der Waals surface area contributed by atoms with Crippen LogP contribution in [0.15, 0.2) is 23.3 Å². The molecule has 1 aromatic heterocycles. The molecular formula is C16H25F3IN5O3S. The molecule has 1 fully saturated rings. The Balaban J connectivity index is 0.00000420. The summed E-state index contributed by atoms with van der Waals surface area (Å²) in [5.41, 5.74) is -4.41. The third kappa shape index (κ3) is 6.84. The van der Waals surface area contributed by atoms with Gasteiger partial charge in [0.1, 0.15) is 0 Å². The molecule has 2 N–H and O–H groups in total. The lowest BCUT2D eigenvalue weighted by Gasteiger charge is -2.31. The van der Waals surface area contributed by atoms with Crippen LogP contribution in [0.25, 0.3) is 0 Å². The van der Waals surface area contributed by atoms with Crippen LogP contribution < -0.4 is 15.4 Å². The first-order valence-electron chi connectivity index (χ1n) is 8.68. The largest absolute Gasteiger partial charge is 0.511 e. The van der Waals surface area contributed by atoms with E-state index >= 15 is 0 Å². The molecule has 0 unspecified atom stereocenters. The highest BCUT2D eigenvalue weighted by Gasteiger charge is 2.50. The van der Waals surface area contributed by atoms with Crippen molar-refractivity contribution < 1.29 is 26.3 Å². The molecule has 2 rings (SSSR count). The number of piperidine rings is 1. The number of halogens is 4. The lowest BCUT2D eigenvalue weighted by atomic mass is 9.98. The zero-order valence-electron chi connectivity index (χ0n) is 16.1. The topological polar surface area (TPSA) is 95.9 Å². The van der Waals surface area contributed by atoms with Crippen molar-refractivity contribution >= 4 is 40.0 Å². The molecule has 13 heteroatoms. The van der Waals surface area contributed by atoms with Crippen LogP contribution in [0.2, 0.25) is 0 Å². The Morgan fingerprint density at radius 1 is 1.34 bits per heavy atom. The second-order valence-corrected chi connectivity index (χ2v) is 8.20. The number of aliphatic imine (C=N–C) groups is 1. The van der Waals surface area contributed by atoms with E-state index < -0.39 is 15.5 Å². The molecule has 1 aliphatic rings. The molecule has 1 aromatic rings. The average molecular weight is 551 g/mol. The number of nitrogens with zero attached hydrogens (tertiary/aromatic N) is 3. The van der Waals surface area contributed by atoms with Gasteiger partial charge in [-0.2, -0.15) is 17.5 Å². The Kier molecular flexibility index (Phi) is 9.88. The van der Waals surface area contributed by atoms with Crippen LogP contribution in [0.5, 0.6) is 5.88 Å². The Morgan fingerprint density at radius 2 is 2.00 bits per heavy atom. The molecule has 1 aliphatic heterocycles. The zero-order chi connectivity index (χ0) is 20.8. The van der Waals surface area contributed by atoms with Gasteiger partial charge >= 0.3 is 15.5 Å². The van der Waals surface area contributed by atoms with Crippen molar-refractivity contribution in [3.8, 4) is 5.88 Å². The highest BCUT2D eigenvalue weighted by molar-refractivity contribution is 14.0. The van der Waals surface area contributed by atoms with Crippen LogP contribution >= 0.6 is 24.0 Å². The van der Waals surface area contributed by atoms with Gasteiger partial charge in [0.05, 0.1) is 7.11 Å². The van der Waals surface area contributed by atoms with Crippen molar-refractivity contribution in [3.05, 3.63) is 23.9 Å². The number of ether oxygens (including phenoxy) is 1. The number of aromatic nitrogens is 1. The van der Waals surface area contributed by atoms with Crippen molar-refractivity contribution in [3.63, 3.8) is 0 Å². The van der Waals surface area contributed by atoms with E-state index in [4.69, 9.17) is 4.74 Å². The Bertz CT molecular complexity index is 784. The van der Waals surface area contributed by atoms with Crippen LogP contribution in [0.4, 0.5) is 13.2 Å². The second kappa shape index (κ2) is 11.2. The number of sulfonamides is 1. The molecular weight excluding hydrogens is 526 g/mol. The molecule has 0 bridgehead atoms. The van der Waals surface area contributed by atoms with E-state index in [1.807, 2.05) is 6.07 Å². The molecule has 0 atom stereocenters. The molecule has 0 radical (unpaired) electrons. The fourth-order valence-corrected chi connectivity index (χ4v) is 3.87. The zero-order valence-corrected chi connectivity index (χ0v) is 19.2. The van der Waals surface area contributed by atoms with Crippen molar-refractivity contribution in [2.75, 3.05) is 33.8 Å². The number of nitrogens with one attached hydrogen (secondary N) is 2. The number of hydrogen-bond donors (Lipinski definition) is 2. The normalized spacial score (nSPS) is 16.8. The van der Waals surface area contributed by atoms with Gasteiger partial charge in [0.15, 0.2) is 5.96 Å². The van der Waals surface area contributed by atoms with Crippen molar-refractivity contribution in [1.29, 1.82) is 0 Å². The number of rotatable bonds is 6. The first kappa shape index (κ1) is 25.7. The maximum atomic E-state index is 12.6. The summed E-state index contributed by atoms with van der Waals surface area (Å²) in [6.45, 7) is 0.614. The Labute approximate surface area is 185 Å². The van der Waals surface area contributed by atoms with Crippen LogP contribution in [-0.4, -0.2) is 63.0 Å². The maximum Gasteiger partial charge on any atom is 0.511 e. The standard InChI is InChI=1S/C16H24F3N5O3S.HI/c1-20-15(23-11-13-4-3-7-21-14(13)27-2)22-10-12-5-8-24(9-6-12)28(25,26)16(17,18)19;/h3-4,7,12H,5-6,8-11H2,1-2H3,(H2,20,22,23);1H. The van der Waals surface area contributed by atoms with Crippen molar-refractivity contribution in [1.82, 2.24) is 19.9 Å². The van der Waals surface area contributed by atoms with Crippen LogP contribution in [-0.2, 0) is 16.6 Å². The van der Waals surface area contributed by atoms with Crippen molar-refractivity contribution in [2.45, 2.75) is 24.9 Å². The van der Waals surface area contributed by atoms with Gasteiger partial charge in [-0.3, -0.25) is 4.99 Å². The molecule has 1 saturated heterocycles. The van der Waals surface area contributed by atoms with E-state index in [1.165, 1.54) is 7.11 Å². The minimum absolute atomic E-state index is 0. The summed E-state index contributed by atoms with van der Waals surface area (Å²) in [5, 5.41) is 6.23. The number of alkyl halides is 3. The molecule has 0 aromatic carbocycles. The smallest absolute Gasteiger partial charge is 0.481 e. The first-order chi connectivity index (χ1) is 13.2. The monoisotopic (exact) mass is 551 g/mol.